The van der Waals surface area contributed by atoms with E-state index in [1.165, 1.54) is 4.90 Å². The standard InChI is InChI=1S/C18H18N4O2/c1-22(2)18(23)19-15-10-6-9-14(12-15)17-20-16(24-21-17)11-13-7-4-3-5-8-13/h3-10,12H,11H2,1-2H3,(H,19,23). The molecule has 24 heavy (non-hydrogen) atoms. The highest BCUT2D eigenvalue weighted by atomic mass is 16.5. The molecule has 1 aromatic heterocycles. The highest BCUT2D eigenvalue weighted by Crippen LogP contribution is 2.21. The fourth-order valence-electron chi connectivity index (χ4n) is 2.19. The van der Waals surface area contributed by atoms with E-state index < -0.39 is 0 Å². The van der Waals surface area contributed by atoms with E-state index in [9.17, 15) is 4.79 Å². The Bertz CT molecular complexity index is 828. The Balaban J connectivity index is 1.76. The van der Waals surface area contributed by atoms with E-state index in [0.717, 1.165) is 11.1 Å². The van der Waals surface area contributed by atoms with Crippen LogP contribution in [0, 0.1) is 0 Å². The van der Waals surface area contributed by atoms with Gasteiger partial charge in [-0.05, 0) is 17.7 Å². The molecule has 0 fully saturated rings. The third-order valence-electron chi connectivity index (χ3n) is 3.44. The molecule has 122 valence electrons. The smallest absolute Gasteiger partial charge is 0.321 e. The molecule has 3 rings (SSSR count). The highest BCUT2D eigenvalue weighted by Gasteiger charge is 2.11. The van der Waals surface area contributed by atoms with Crippen molar-refractivity contribution in [1.82, 2.24) is 15.0 Å². The van der Waals surface area contributed by atoms with Crippen LogP contribution in [0.15, 0.2) is 59.1 Å². The van der Waals surface area contributed by atoms with Crippen LogP contribution in [0.25, 0.3) is 11.4 Å². The third kappa shape index (κ3) is 3.78. The average Bonchev–Trinajstić information content (AvgIpc) is 3.04. The van der Waals surface area contributed by atoms with Gasteiger partial charge in [0.25, 0.3) is 0 Å². The van der Waals surface area contributed by atoms with Crippen molar-refractivity contribution >= 4 is 11.7 Å². The topological polar surface area (TPSA) is 71.3 Å². The van der Waals surface area contributed by atoms with Gasteiger partial charge in [-0.15, -0.1) is 0 Å². The minimum absolute atomic E-state index is 0.190. The maximum absolute atomic E-state index is 11.7. The average molecular weight is 322 g/mol. The van der Waals surface area contributed by atoms with E-state index >= 15 is 0 Å². The number of hydrogen-bond acceptors (Lipinski definition) is 4. The number of anilines is 1. The molecule has 2 amide bonds. The van der Waals surface area contributed by atoms with Crippen molar-refractivity contribution in [2.45, 2.75) is 6.42 Å². The van der Waals surface area contributed by atoms with Crippen LogP contribution in [0.2, 0.25) is 0 Å². The van der Waals surface area contributed by atoms with E-state index in [1.54, 1.807) is 14.1 Å². The molecule has 0 aliphatic heterocycles. The highest BCUT2D eigenvalue weighted by molar-refractivity contribution is 5.89. The number of carbonyl (C=O) groups excluding carboxylic acids is 1. The predicted molar refractivity (Wildman–Crippen MR) is 91.7 cm³/mol. The molecule has 1 N–H and O–H groups in total. The number of aromatic nitrogens is 2. The van der Waals surface area contributed by atoms with Crippen molar-refractivity contribution in [3.8, 4) is 11.4 Å². The zero-order chi connectivity index (χ0) is 16.9. The zero-order valence-electron chi connectivity index (χ0n) is 13.6. The van der Waals surface area contributed by atoms with Crippen LogP contribution in [0.4, 0.5) is 10.5 Å². The number of carbonyl (C=O) groups is 1. The van der Waals surface area contributed by atoms with Gasteiger partial charge in [0.15, 0.2) is 0 Å². The quantitative estimate of drug-likeness (QED) is 0.799. The normalized spacial score (nSPS) is 10.4. The van der Waals surface area contributed by atoms with Gasteiger partial charge in [0.05, 0.1) is 6.42 Å². The molecular formula is C18H18N4O2. The number of urea groups is 1. The predicted octanol–water partition coefficient (Wildman–Crippen LogP) is 3.42. The summed E-state index contributed by atoms with van der Waals surface area (Å²) >= 11 is 0. The van der Waals surface area contributed by atoms with E-state index in [-0.39, 0.29) is 6.03 Å². The first kappa shape index (κ1) is 15.7. The summed E-state index contributed by atoms with van der Waals surface area (Å²) in [6.07, 6.45) is 0.588. The van der Waals surface area contributed by atoms with E-state index in [4.69, 9.17) is 4.52 Å². The van der Waals surface area contributed by atoms with Gasteiger partial charge in [0, 0.05) is 25.3 Å². The Morgan fingerprint density at radius 1 is 1.12 bits per heavy atom. The Morgan fingerprint density at radius 3 is 2.67 bits per heavy atom. The fraction of sp³-hybridized carbons (Fsp3) is 0.167. The first-order valence-corrected chi connectivity index (χ1v) is 7.57. The number of benzene rings is 2. The number of amides is 2. The summed E-state index contributed by atoms with van der Waals surface area (Å²) in [6, 6.07) is 17.1. The molecule has 0 spiro atoms. The first-order valence-electron chi connectivity index (χ1n) is 7.57. The molecule has 0 saturated carbocycles. The van der Waals surface area contributed by atoms with Crippen molar-refractivity contribution in [1.29, 1.82) is 0 Å². The lowest BCUT2D eigenvalue weighted by Crippen LogP contribution is -2.27. The van der Waals surface area contributed by atoms with E-state index in [2.05, 4.69) is 15.5 Å². The Hall–Kier alpha value is -3.15. The van der Waals surface area contributed by atoms with Crippen LogP contribution in [0.5, 0.6) is 0 Å². The summed E-state index contributed by atoms with van der Waals surface area (Å²) < 4.78 is 5.33. The largest absolute Gasteiger partial charge is 0.339 e. The second kappa shape index (κ2) is 6.95. The fourth-order valence-corrected chi connectivity index (χ4v) is 2.19. The molecular weight excluding hydrogens is 304 g/mol. The molecule has 6 heteroatoms. The van der Waals surface area contributed by atoms with Crippen LogP contribution in [-0.4, -0.2) is 35.2 Å². The minimum Gasteiger partial charge on any atom is -0.339 e. The molecule has 3 aromatic rings. The number of nitrogens with one attached hydrogen (secondary N) is 1. The van der Waals surface area contributed by atoms with Gasteiger partial charge >= 0.3 is 6.03 Å². The minimum atomic E-state index is -0.190. The molecule has 0 bridgehead atoms. The lowest BCUT2D eigenvalue weighted by atomic mass is 10.1. The van der Waals surface area contributed by atoms with E-state index in [1.807, 2.05) is 54.6 Å². The third-order valence-corrected chi connectivity index (χ3v) is 3.44. The summed E-state index contributed by atoms with van der Waals surface area (Å²) in [6.45, 7) is 0. The van der Waals surface area contributed by atoms with Gasteiger partial charge in [-0.1, -0.05) is 47.6 Å². The maximum Gasteiger partial charge on any atom is 0.321 e. The van der Waals surface area contributed by atoms with E-state index in [0.29, 0.717) is 23.8 Å². The van der Waals surface area contributed by atoms with Crippen LogP contribution in [0.1, 0.15) is 11.5 Å². The van der Waals surface area contributed by atoms with Crippen LogP contribution >= 0.6 is 0 Å². The molecule has 0 aliphatic rings. The van der Waals surface area contributed by atoms with Crippen LogP contribution in [0.3, 0.4) is 0 Å². The van der Waals surface area contributed by atoms with Gasteiger partial charge in [-0.3, -0.25) is 0 Å². The van der Waals surface area contributed by atoms with Crippen molar-refractivity contribution in [3.63, 3.8) is 0 Å². The number of hydrogen-bond donors (Lipinski definition) is 1. The van der Waals surface area contributed by atoms with Gasteiger partial charge in [-0.2, -0.15) is 4.98 Å². The van der Waals surface area contributed by atoms with Gasteiger partial charge in [0.1, 0.15) is 0 Å². The number of nitrogens with zero attached hydrogens (tertiary/aromatic N) is 3. The Morgan fingerprint density at radius 2 is 1.92 bits per heavy atom. The Labute approximate surface area is 140 Å². The van der Waals surface area contributed by atoms with Gasteiger partial charge in [0.2, 0.25) is 11.7 Å². The molecule has 0 saturated heterocycles. The van der Waals surface area contributed by atoms with Gasteiger partial charge in [-0.25, -0.2) is 4.79 Å². The number of rotatable bonds is 4. The monoisotopic (exact) mass is 322 g/mol. The van der Waals surface area contributed by atoms with Crippen molar-refractivity contribution in [2.24, 2.45) is 0 Å². The lowest BCUT2D eigenvalue weighted by molar-refractivity contribution is 0.230. The lowest BCUT2D eigenvalue weighted by Gasteiger charge is -2.12. The van der Waals surface area contributed by atoms with Crippen LogP contribution < -0.4 is 5.32 Å². The molecule has 6 nitrogen and oxygen atoms in total. The van der Waals surface area contributed by atoms with Crippen LogP contribution in [-0.2, 0) is 6.42 Å². The second-order valence-corrected chi connectivity index (χ2v) is 5.58. The zero-order valence-corrected chi connectivity index (χ0v) is 13.6. The van der Waals surface area contributed by atoms with Crippen molar-refractivity contribution in [3.05, 3.63) is 66.1 Å². The summed E-state index contributed by atoms with van der Waals surface area (Å²) in [4.78, 5) is 17.6. The summed E-state index contributed by atoms with van der Waals surface area (Å²) in [7, 11) is 3.38. The first-order chi connectivity index (χ1) is 11.6. The summed E-state index contributed by atoms with van der Waals surface area (Å²) in [5, 5.41) is 6.83. The SMILES string of the molecule is CN(C)C(=O)Nc1cccc(-c2noc(Cc3ccccc3)n2)c1. The molecule has 0 atom stereocenters. The van der Waals surface area contributed by atoms with Gasteiger partial charge < -0.3 is 14.7 Å². The molecule has 1 heterocycles. The van der Waals surface area contributed by atoms with Crippen molar-refractivity contribution < 1.29 is 9.32 Å². The molecule has 0 aliphatic carbocycles. The molecule has 0 radical (unpaired) electrons. The summed E-state index contributed by atoms with van der Waals surface area (Å²) in [5.74, 6) is 1.06. The maximum atomic E-state index is 11.7. The molecule has 2 aromatic carbocycles. The second-order valence-electron chi connectivity index (χ2n) is 5.58. The summed E-state index contributed by atoms with van der Waals surface area (Å²) in [5.41, 5.74) is 2.58. The van der Waals surface area contributed by atoms with Crippen molar-refractivity contribution in [2.75, 3.05) is 19.4 Å². The Kier molecular flexibility index (Phi) is 4.56. The molecule has 0 unspecified atom stereocenters.